The Morgan fingerprint density at radius 1 is 0.364 bits per heavy atom. The van der Waals surface area contributed by atoms with E-state index < -0.39 is 0 Å². The fraction of sp³-hybridized carbons (Fsp3) is 0. The minimum Gasteiger partial charge on any atom is -0.456 e. The zero-order chi connectivity index (χ0) is 36.3. The molecule has 1 aliphatic rings. The maximum Gasteiger partial charge on any atom is 0.135 e. The molecule has 0 unspecified atom stereocenters. The van der Waals surface area contributed by atoms with Crippen LogP contribution in [-0.4, -0.2) is 4.57 Å². The van der Waals surface area contributed by atoms with Gasteiger partial charge in [-0.1, -0.05) is 133 Å². The highest BCUT2D eigenvalue weighted by Gasteiger charge is 2.21. The van der Waals surface area contributed by atoms with E-state index in [1.54, 1.807) is 0 Å². The van der Waals surface area contributed by atoms with Gasteiger partial charge in [0.25, 0.3) is 0 Å². The van der Waals surface area contributed by atoms with Gasteiger partial charge in [0.1, 0.15) is 11.5 Å². The van der Waals surface area contributed by atoms with Crippen molar-refractivity contribution in [1.29, 1.82) is 0 Å². The van der Waals surface area contributed by atoms with Crippen molar-refractivity contribution >= 4 is 49.6 Å². The molecule has 3 heteroatoms. The summed E-state index contributed by atoms with van der Waals surface area (Å²) in [5.74, 6) is 1.79. The van der Waals surface area contributed by atoms with E-state index >= 15 is 0 Å². The Morgan fingerprint density at radius 3 is 1.73 bits per heavy atom. The summed E-state index contributed by atoms with van der Waals surface area (Å²) in [4.78, 5) is 2.36. The Labute approximate surface area is 319 Å². The lowest BCUT2D eigenvalue weighted by Gasteiger charge is -2.26. The number of nitrogens with zero attached hydrogens (tertiary/aromatic N) is 2. The summed E-state index contributed by atoms with van der Waals surface area (Å²) < 4.78 is 8.90. The van der Waals surface area contributed by atoms with Crippen LogP contribution >= 0.6 is 0 Å². The normalized spacial score (nSPS) is 11.8. The first kappa shape index (κ1) is 31.2. The van der Waals surface area contributed by atoms with E-state index in [4.69, 9.17) is 4.74 Å². The molecule has 0 aliphatic carbocycles. The summed E-state index contributed by atoms with van der Waals surface area (Å²) in [5, 5.41) is 4.84. The smallest absolute Gasteiger partial charge is 0.135 e. The molecule has 0 atom stereocenters. The summed E-state index contributed by atoms with van der Waals surface area (Å²) in [7, 11) is 0. The average Bonchev–Trinajstić information content (AvgIpc) is 3.58. The summed E-state index contributed by atoms with van der Waals surface area (Å²) in [6.07, 6.45) is 0. The number of para-hydroxylation sites is 2. The molecule has 0 saturated carbocycles. The molecule has 258 valence electrons. The molecule has 2 heterocycles. The van der Waals surface area contributed by atoms with Gasteiger partial charge in [-0.2, -0.15) is 0 Å². The molecule has 55 heavy (non-hydrogen) atoms. The number of ether oxygens (including phenoxy) is 1. The van der Waals surface area contributed by atoms with Crippen LogP contribution in [0, 0.1) is 0 Å². The van der Waals surface area contributed by atoms with Gasteiger partial charge in [-0.15, -0.1) is 0 Å². The number of hydrogen-bond acceptors (Lipinski definition) is 2. The minimum absolute atomic E-state index is 0.884. The monoisotopic (exact) mass is 702 g/mol. The highest BCUT2D eigenvalue weighted by Crippen LogP contribution is 2.48. The van der Waals surface area contributed by atoms with E-state index in [9.17, 15) is 0 Å². The summed E-state index contributed by atoms with van der Waals surface area (Å²) >= 11 is 0. The van der Waals surface area contributed by atoms with E-state index in [2.05, 4.69) is 216 Å². The second kappa shape index (κ2) is 12.6. The van der Waals surface area contributed by atoms with E-state index in [0.717, 1.165) is 50.9 Å². The maximum absolute atomic E-state index is 6.52. The molecule has 9 aromatic carbocycles. The van der Waals surface area contributed by atoms with Crippen molar-refractivity contribution in [3.05, 3.63) is 206 Å². The molecule has 0 saturated heterocycles. The number of anilines is 3. The first-order valence-corrected chi connectivity index (χ1v) is 18.8. The highest BCUT2D eigenvalue weighted by atomic mass is 16.5. The Balaban J connectivity index is 1.03. The first-order chi connectivity index (χ1) is 27.3. The Morgan fingerprint density at radius 2 is 0.964 bits per heavy atom. The lowest BCUT2D eigenvalue weighted by molar-refractivity contribution is 0.487. The Hall–Kier alpha value is -7.36. The van der Waals surface area contributed by atoms with Crippen molar-refractivity contribution in [3.8, 4) is 50.6 Å². The number of aromatic nitrogens is 1. The standard InChI is InChI=1S/C52H34N2O/c1-3-11-35(12-4-1)36-21-26-41(27-22-36)53(43-30-32-45-44-17-7-8-19-48(44)54(49(45)34-43)40-15-5-2-6-16-40)42-28-23-37(24-29-42)39-25-31-46-47-18-9-13-38-14-10-20-50(52(38)47)55-51(46)33-39/h1-34H. The predicted molar refractivity (Wildman–Crippen MR) is 229 cm³/mol. The van der Waals surface area contributed by atoms with Crippen molar-refractivity contribution in [3.63, 3.8) is 0 Å². The lowest BCUT2D eigenvalue weighted by atomic mass is 9.93. The zero-order valence-corrected chi connectivity index (χ0v) is 29.9. The Bertz CT molecular complexity index is 3030. The second-order valence-corrected chi connectivity index (χ2v) is 14.2. The largest absolute Gasteiger partial charge is 0.456 e. The fourth-order valence-electron chi connectivity index (χ4n) is 8.38. The molecule has 11 rings (SSSR count). The highest BCUT2D eigenvalue weighted by molar-refractivity contribution is 6.10. The van der Waals surface area contributed by atoms with Gasteiger partial charge in [0.05, 0.1) is 11.0 Å². The van der Waals surface area contributed by atoms with E-state index in [1.807, 2.05) is 0 Å². The van der Waals surface area contributed by atoms with Gasteiger partial charge in [-0.05, 0) is 106 Å². The topological polar surface area (TPSA) is 17.4 Å². The van der Waals surface area contributed by atoms with Gasteiger partial charge in [0.15, 0.2) is 0 Å². The molecular weight excluding hydrogens is 669 g/mol. The van der Waals surface area contributed by atoms with Gasteiger partial charge >= 0.3 is 0 Å². The van der Waals surface area contributed by atoms with Gasteiger partial charge < -0.3 is 14.2 Å². The van der Waals surface area contributed by atoms with Crippen LogP contribution in [0.5, 0.6) is 11.5 Å². The van der Waals surface area contributed by atoms with Gasteiger partial charge in [-0.3, -0.25) is 0 Å². The summed E-state index contributed by atoms with van der Waals surface area (Å²) in [6.45, 7) is 0. The number of hydrogen-bond donors (Lipinski definition) is 0. The quantitative estimate of drug-likeness (QED) is 0.172. The maximum atomic E-state index is 6.52. The lowest BCUT2D eigenvalue weighted by Crippen LogP contribution is -2.10. The van der Waals surface area contributed by atoms with E-state index in [0.29, 0.717) is 0 Å². The third-order valence-corrected chi connectivity index (χ3v) is 11.0. The van der Waals surface area contributed by atoms with Crippen LogP contribution in [0.4, 0.5) is 17.1 Å². The third kappa shape index (κ3) is 5.20. The van der Waals surface area contributed by atoms with Crippen molar-refractivity contribution in [2.75, 3.05) is 4.90 Å². The summed E-state index contributed by atoms with van der Waals surface area (Å²) in [5.41, 5.74) is 13.7. The molecule has 0 spiro atoms. The van der Waals surface area contributed by atoms with E-state index in [1.165, 1.54) is 49.3 Å². The molecule has 0 radical (unpaired) electrons. The number of benzene rings is 9. The van der Waals surface area contributed by atoms with E-state index in [-0.39, 0.29) is 0 Å². The second-order valence-electron chi connectivity index (χ2n) is 14.2. The van der Waals surface area contributed by atoms with Crippen LogP contribution in [0.15, 0.2) is 206 Å². The van der Waals surface area contributed by atoms with Crippen LogP contribution in [0.3, 0.4) is 0 Å². The Kier molecular flexibility index (Phi) is 7.17. The van der Waals surface area contributed by atoms with Crippen LogP contribution in [0.2, 0.25) is 0 Å². The molecular formula is C52H34N2O. The van der Waals surface area contributed by atoms with Crippen molar-refractivity contribution in [2.24, 2.45) is 0 Å². The van der Waals surface area contributed by atoms with Crippen LogP contribution < -0.4 is 9.64 Å². The average molecular weight is 703 g/mol. The molecule has 0 amide bonds. The number of rotatable bonds is 6. The number of fused-ring (bicyclic) bond motifs is 5. The van der Waals surface area contributed by atoms with Crippen LogP contribution in [0.1, 0.15) is 0 Å². The van der Waals surface area contributed by atoms with Crippen LogP contribution in [0.25, 0.3) is 71.6 Å². The molecule has 0 N–H and O–H groups in total. The predicted octanol–water partition coefficient (Wildman–Crippen LogP) is 14.5. The molecule has 0 bridgehead atoms. The zero-order valence-electron chi connectivity index (χ0n) is 29.9. The minimum atomic E-state index is 0.884. The van der Waals surface area contributed by atoms with Crippen molar-refractivity contribution in [2.45, 2.75) is 0 Å². The molecule has 1 aliphatic heterocycles. The van der Waals surface area contributed by atoms with Gasteiger partial charge in [0, 0.05) is 44.5 Å². The molecule has 0 fully saturated rings. The molecule has 1 aromatic heterocycles. The van der Waals surface area contributed by atoms with Gasteiger partial charge in [0.2, 0.25) is 0 Å². The SMILES string of the molecule is c1ccc(-c2ccc(N(c3ccc(-c4ccc5c(c4)Oc4cccc6cccc-5c46)cc3)c3ccc4c5ccccc5n(-c5ccccc5)c4c3)cc2)cc1. The third-order valence-electron chi connectivity index (χ3n) is 11.0. The van der Waals surface area contributed by atoms with Gasteiger partial charge in [-0.25, -0.2) is 0 Å². The molecule has 3 nitrogen and oxygen atoms in total. The van der Waals surface area contributed by atoms with Crippen molar-refractivity contribution in [1.82, 2.24) is 4.57 Å². The first-order valence-electron chi connectivity index (χ1n) is 18.8. The molecule has 10 aromatic rings. The van der Waals surface area contributed by atoms with Crippen molar-refractivity contribution < 1.29 is 4.74 Å². The fourth-order valence-corrected chi connectivity index (χ4v) is 8.38. The van der Waals surface area contributed by atoms with Crippen LogP contribution in [-0.2, 0) is 0 Å². The summed E-state index contributed by atoms with van der Waals surface area (Å²) in [6, 6.07) is 73.9.